The summed E-state index contributed by atoms with van der Waals surface area (Å²) in [4.78, 5) is 30.1. The van der Waals surface area contributed by atoms with Gasteiger partial charge in [-0.25, -0.2) is 9.36 Å². The Bertz CT molecular complexity index is 3090. The van der Waals surface area contributed by atoms with Crippen LogP contribution in [0.5, 0.6) is 0 Å². The largest absolute Gasteiger partial charge is 0.393 e. The average Bonchev–Trinajstić information content (AvgIpc) is 1.40. The Labute approximate surface area is 526 Å². The maximum atomic E-state index is 15.1. The quantitative estimate of drug-likeness (QED) is 0.106. The van der Waals surface area contributed by atoms with Gasteiger partial charge in [-0.15, -0.1) is 10.2 Å². The molecule has 6 N–H and O–H groups in total. The van der Waals surface area contributed by atoms with Crippen molar-refractivity contribution < 1.29 is 30.0 Å². The number of aliphatic hydroxyl groups excluding tert-OH is 4. The van der Waals surface area contributed by atoms with Crippen LogP contribution in [0.2, 0.25) is 0 Å². The number of rotatable bonds is 10. The normalized spacial score (nSPS) is 44.1. The number of carbonyl (C=O) groups excluding carboxylic acids is 2. The van der Waals surface area contributed by atoms with Gasteiger partial charge in [0.05, 0.1) is 73.8 Å². The summed E-state index contributed by atoms with van der Waals surface area (Å²) in [5, 5.41) is 72.7. The molecule has 18 atom stereocenters. The predicted molar refractivity (Wildman–Crippen MR) is 341 cm³/mol. The molecule has 0 saturated heterocycles. The van der Waals surface area contributed by atoms with E-state index in [0.29, 0.717) is 73.8 Å². The van der Waals surface area contributed by atoms with Crippen LogP contribution < -0.4 is 10.6 Å². The Morgan fingerprint density at radius 3 is 1.30 bits per heavy atom. The van der Waals surface area contributed by atoms with Crippen LogP contribution in [0.1, 0.15) is 235 Å². The van der Waals surface area contributed by atoms with Crippen molar-refractivity contribution in [1.82, 2.24) is 40.6 Å². The van der Waals surface area contributed by atoms with E-state index in [1.807, 2.05) is 27.8 Å². The van der Waals surface area contributed by atoms with Crippen molar-refractivity contribution in [1.29, 1.82) is 0 Å². The molecule has 14 nitrogen and oxygen atoms in total. The zero-order valence-corrected chi connectivity index (χ0v) is 56.2. The van der Waals surface area contributed by atoms with Gasteiger partial charge in [0.2, 0.25) is 11.8 Å². The van der Waals surface area contributed by atoms with E-state index in [-0.39, 0.29) is 103 Å². The van der Waals surface area contributed by atoms with E-state index in [0.717, 1.165) is 101 Å². The highest BCUT2D eigenvalue weighted by atomic mass is 16.3. The summed E-state index contributed by atoms with van der Waals surface area (Å²) in [6, 6.07) is 8.32. The van der Waals surface area contributed by atoms with Crippen LogP contribution in [0.3, 0.4) is 0 Å². The van der Waals surface area contributed by atoms with Crippen molar-refractivity contribution in [3.05, 3.63) is 82.5 Å². The first-order valence-corrected chi connectivity index (χ1v) is 34.7. The minimum absolute atomic E-state index is 0.0356. The minimum Gasteiger partial charge on any atom is -0.393 e. The predicted octanol–water partition coefficient (Wildman–Crippen LogP) is 12.5. The Hall–Kier alpha value is -4.24. The molecule has 8 fully saturated rings. The summed E-state index contributed by atoms with van der Waals surface area (Å²) in [6.45, 7) is 34.9. The molecule has 14 heteroatoms. The molecule has 3 aromatic rings. The molecule has 88 heavy (non-hydrogen) atoms. The number of amides is 2. The maximum Gasteiger partial charge on any atom is 0.229 e. The summed E-state index contributed by atoms with van der Waals surface area (Å²) >= 11 is 0. The third-order valence-electron chi connectivity index (χ3n) is 29.9. The topological polar surface area (TPSA) is 201 Å². The highest BCUT2D eigenvalue weighted by molar-refractivity contribution is 5.85. The van der Waals surface area contributed by atoms with Crippen LogP contribution in [0.25, 0.3) is 0 Å². The van der Waals surface area contributed by atoms with Gasteiger partial charge in [0.25, 0.3) is 0 Å². The number of aromatic nitrogens is 6. The molecule has 2 aromatic heterocycles. The zero-order chi connectivity index (χ0) is 63.0. The van der Waals surface area contributed by atoms with E-state index >= 15 is 9.59 Å². The van der Waals surface area contributed by atoms with Crippen LogP contribution >= 0.6 is 0 Å². The van der Waals surface area contributed by atoms with Crippen molar-refractivity contribution in [3.8, 4) is 0 Å². The van der Waals surface area contributed by atoms with Gasteiger partial charge in [-0.2, -0.15) is 0 Å². The fourth-order valence-corrected chi connectivity index (χ4v) is 24.4. The number of fused-ring (bicyclic) bond motifs is 14. The molecule has 0 radical (unpaired) electrons. The molecule has 10 aliphatic carbocycles. The number of carbonyl (C=O) groups is 2. The number of nitrogens with zero attached hydrogens (tertiary/aromatic N) is 6. The van der Waals surface area contributed by atoms with E-state index in [2.05, 4.69) is 159 Å². The second-order valence-corrected chi connectivity index (χ2v) is 35.7. The number of aliphatic hydroxyl groups is 4. The first-order chi connectivity index (χ1) is 41.1. The van der Waals surface area contributed by atoms with Crippen LogP contribution in [0.15, 0.2) is 60.0 Å². The lowest BCUT2D eigenvalue weighted by molar-refractivity contribution is -0.215. The van der Waals surface area contributed by atoms with Crippen molar-refractivity contribution in [3.63, 3.8) is 0 Å². The number of allylic oxidation sites excluding steroid dienone is 4. The second kappa shape index (κ2) is 20.6. The van der Waals surface area contributed by atoms with Crippen molar-refractivity contribution in [2.75, 3.05) is 0 Å². The summed E-state index contributed by atoms with van der Waals surface area (Å²) in [6.07, 6.45) is 22.7. The van der Waals surface area contributed by atoms with E-state index in [9.17, 15) is 20.4 Å². The van der Waals surface area contributed by atoms with Gasteiger partial charge < -0.3 is 31.1 Å². The number of hydrogen-bond acceptors (Lipinski definition) is 10. The molecule has 13 rings (SSSR count). The minimum atomic E-state index is -0.926. The second-order valence-electron chi connectivity index (χ2n) is 35.7. The van der Waals surface area contributed by atoms with Crippen molar-refractivity contribution >= 4 is 11.8 Å². The number of hydrogen-bond donors (Lipinski definition) is 6. The molecule has 0 aliphatic heterocycles. The van der Waals surface area contributed by atoms with E-state index in [4.69, 9.17) is 0 Å². The smallest absolute Gasteiger partial charge is 0.229 e. The first kappa shape index (κ1) is 62.6. The van der Waals surface area contributed by atoms with Crippen LogP contribution in [0, 0.1) is 100 Å². The van der Waals surface area contributed by atoms with Crippen LogP contribution in [0.4, 0.5) is 0 Å². The molecule has 6 unspecified atom stereocenters. The summed E-state index contributed by atoms with van der Waals surface area (Å²) in [5.41, 5.74) is 3.79. The van der Waals surface area contributed by atoms with Crippen molar-refractivity contribution in [2.45, 2.75) is 263 Å². The van der Waals surface area contributed by atoms with Crippen LogP contribution in [-0.2, 0) is 35.8 Å². The molecular formula is C74H110N8O6. The highest BCUT2D eigenvalue weighted by Gasteiger charge is 2.73. The van der Waals surface area contributed by atoms with Gasteiger partial charge in [-0.3, -0.25) is 9.59 Å². The number of benzene rings is 1. The fraction of sp³-hybridized carbons (Fsp3) is 0.784. The Morgan fingerprint density at radius 2 is 0.898 bits per heavy atom. The molecule has 2 amide bonds. The third kappa shape index (κ3) is 8.97. The first-order valence-electron chi connectivity index (χ1n) is 34.7. The van der Waals surface area contributed by atoms with Gasteiger partial charge >= 0.3 is 0 Å². The molecule has 0 bridgehead atoms. The monoisotopic (exact) mass is 1210 g/mol. The van der Waals surface area contributed by atoms with Crippen LogP contribution in [-0.4, -0.2) is 86.6 Å². The Balaban J connectivity index is 0.654. The van der Waals surface area contributed by atoms with Gasteiger partial charge in [0, 0.05) is 0 Å². The standard InChI is InChI=1S/C74H110N8O6/c1-63(2)30-32-73(51(35-63)49-18-20-55-67(9)26-24-57(83)65(5,6)53(67)22-28-69(55,11)71(49,13)37-59(73)85)61(87)75-39-47-43-81(79-77-47)41-45-16-15-17-46(34-45)42-82-44-48(78-80-82)40-76-62(88)74-33-31-64(3,4)36-52(74)50-19-21-56-68(10)27-25-58(84)66(7,8)54(68)23-29-70(56,12)72(50,14)38-60(74)86/h15-19,34,43-44,51-60,83-86H,20-33,35-42H2,1-14H3,(H,75,87)(H,76,88)/t51?,52?,53?,54?,55?,56?,57-,58-,59+,60+,67-,68-,69+,70+,71+,72+,73+,74+/m0/s1. The molecule has 8 saturated carbocycles. The zero-order valence-electron chi connectivity index (χ0n) is 56.2. The highest BCUT2D eigenvalue weighted by Crippen LogP contribution is 2.78. The maximum absolute atomic E-state index is 15.1. The Kier molecular flexibility index (Phi) is 14.7. The molecule has 10 aliphatic rings. The molecule has 0 spiro atoms. The van der Waals surface area contributed by atoms with Crippen molar-refractivity contribution in [2.24, 2.45) is 100 Å². The van der Waals surface area contributed by atoms with E-state index < -0.39 is 23.0 Å². The summed E-state index contributed by atoms with van der Waals surface area (Å²) in [5.74, 6) is 1.49. The fourth-order valence-electron chi connectivity index (χ4n) is 24.4. The van der Waals surface area contributed by atoms with E-state index in [1.54, 1.807) is 0 Å². The Morgan fingerprint density at radius 1 is 0.500 bits per heavy atom. The molecular weight excluding hydrogens is 1100 g/mol. The molecule has 482 valence electrons. The van der Waals surface area contributed by atoms with E-state index in [1.165, 1.54) is 11.1 Å². The molecule has 1 aromatic carbocycles. The lowest BCUT2D eigenvalue weighted by atomic mass is 9.33. The number of nitrogens with one attached hydrogen (secondary N) is 2. The molecule has 2 heterocycles. The van der Waals surface area contributed by atoms with Gasteiger partial charge in [-0.1, -0.05) is 155 Å². The summed E-state index contributed by atoms with van der Waals surface area (Å²) in [7, 11) is 0. The average molecular weight is 1210 g/mol. The van der Waals surface area contributed by atoms with Gasteiger partial charge in [-0.05, 0) is 216 Å². The lowest BCUT2D eigenvalue weighted by Crippen LogP contribution is -2.68. The van der Waals surface area contributed by atoms with Gasteiger partial charge in [0.1, 0.15) is 11.4 Å². The lowest BCUT2D eigenvalue weighted by Gasteiger charge is -2.71. The third-order valence-corrected chi connectivity index (χ3v) is 29.9. The van der Waals surface area contributed by atoms with Gasteiger partial charge in [0.15, 0.2) is 0 Å². The SMILES string of the molecule is CC1(C)CC[C@@]2(C(=O)NCc3cn(Cc4cccc(Cn5cc(CNC(=O)[C@]67CCC(C)(C)CC6C6=CCC8[C@@]9(C)CC[C@H](O)C(C)(C)C9CC[C@@]8(C)[C@]6(C)C[C@H]7O)nn5)c4)nn3)C(C1)C1=CCC3[C@@]4(C)CC[C@H](O)C(C)(C)C4CC[C@@]3(C)[C@]1(C)C[C@H]2O. The summed E-state index contributed by atoms with van der Waals surface area (Å²) < 4.78 is 3.63.